The first kappa shape index (κ1) is 22.7. The molecule has 35 heavy (non-hydrogen) atoms. The molecule has 2 amide bonds. The Morgan fingerprint density at radius 3 is 2.54 bits per heavy atom. The number of aryl methyl sites for hydroxylation is 1. The molecule has 0 radical (unpaired) electrons. The van der Waals surface area contributed by atoms with Crippen LogP contribution in [0.15, 0.2) is 30.6 Å². The van der Waals surface area contributed by atoms with Crippen LogP contribution in [0.2, 0.25) is 0 Å². The van der Waals surface area contributed by atoms with Gasteiger partial charge in [0.15, 0.2) is 11.5 Å². The maximum atomic E-state index is 13.9. The zero-order valence-corrected chi connectivity index (χ0v) is 18.7. The van der Waals surface area contributed by atoms with Crippen LogP contribution in [0.5, 0.6) is 0 Å². The maximum Gasteiger partial charge on any atom is 0.413 e. The molecule has 0 saturated heterocycles. The summed E-state index contributed by atoms with van der Waals surface area (Å²) in [5, 5.41) is 13.1. The van der Waals surface area contributed by atoms with E-state index >= 15 is 0 Å². The molecule has 0 aromatic carbocycles. The van der Waals surface area contributed by atoms with E-state index in [1.54, 1.807) is 12.1 Å². The lowest BCUT2D eigenvalue weighted by molar-refractivity contribution is -0.209. The molecule has 3 saturated carbocycles. The third-order valence-electron chi connectivity index (χ3n) is 6.31. The smallest absolute Gasteiger partial charge is 0.413 e. The van der Waals surface area contributed by atoms with Gasteiger partial charge in [-0.05, 0) is 44.4 Å². The third kappa shape index (κ3) is 4.06. The summed E-state index contributed by atoms with van der Waals surface area (Å²) in [6, 6.07) is 4.08. The topological polar surface area (TPSA) is 124 Å². The van der Waals surface area contributed by atoms with Crippen LogP contribution in [0, 0.1) is 17.2 Å². The Labute approximate surface area is 196 Å². The fraction of sp³-hybridized carbons (Fsp3) is 0.364. The minimum Gasteiger partial charge on any atom is -0.441 e. The zero-order valence-electron chi connectivity index (χ0n) is 18.7. The number of pyridine rings is 2. The van der Waals surface area contributed by atoms with Gasteiger partial charge in [-0.25, -0.2) is 23.2 Å². The molecule has 2 bridgehead atoms. The Morgan fingerprint density at radius 1 is 1.14 bits per heavy atom. The van der Waals surface area contributed by atoms with E-state index in [0.29, 0.717) is 11.4 Å². The van der Waals surface area contributed by atoms with E-state index in [0.717, 1.165) is 12.3 Å². The largest absolute Gasteiger partial charge is 0.441 e. The second-order valence-corrected chi connectivity index (χ2v) is 8.96. The van der Waals surface area contributed by atoms with Crippen molar-refractivity contribution in [2.45, 2.75) is 38.0 Å². The van der Waals surface area contributed by atoms with Crippen molar-refractivity contribution >= 4 is 23.5 Å². The van der Waals surface area contributed by atoms with Crippen LogP contribution >= 0.6 is 0 Å². The summed E-state index contributed by atoms with van der Waals surface area (Å²) in [7, 11) is 1.53. The number of alkyl halides is 1. The number of halogens is 3. The molecule has 3 aromatic heterocycles. The van der Waals surface area contributed by atoms with Gasteiger partial charge in [-0.3, -0.25) is 15.1 Å². The number of nitrogens with zero attached hydrogens (tertiary/aromatic N) is 5. The number of carbonyl (C=O) groups is 2. The predicted molar refractivity (Wildman–Crippen MR) is 116 cm³/mol. The molecule has 6 rings (SSSR count). The number of aromatic nitrogens is 5. The number of rotatable bonds is 6. The van der Waals surface area contributed by atoms with E-state index in [2.05, 4.69) is 30.9 Å². The van der Waals surface area contributed by atoms with Crippen LogP contribution in [0.1, 0.15) is 37.9 Å². The molecule has 1 atom stereocenters. The van der Waals surface area contributed by atoms with E-state index in [9.17, 15) is 22.8 Å². The standard InChI is InChI=1S/C22H20F3N7O3/c1-11(14-5-12(23)6-27-17(14)24)35-20(34)29-18-16(30-31-32(18)2)15-4-3-13(7-26-15)28-19(33)21-8-22(25,9-21)10-21/h3-7,11H,8-10H2,1-2H3,(H,28,33)(H,29,34)/t11-,21?,22?/m1/s1. The minimum absolute atomic E-state index is 0.145. The highest BCUT2D eigenvalue weighted by Gasteiger charge is 2.72. The summed E-state index contributed by atoms with van der Waals surface area (Å²) in [6.07, 6.45) is 0.813. The van der Waals surface area contributed by atoms with E-state index in [-0.39, 0.29) is 42.2 Å². The van der Waals surface area contributed by atoms with Crippen LogP contribution in [0.25, 0.3) is 11.4 Å². The molecule has 0 unspecified atom stereocenters. The third-order valence-corrected chi connectivity index (χ3v) is 6.31. The number of ether oxygens (including phenoxy) is 1. The van der Waals surface area contributed by atoms with Crippen molar-refractivity contribution in [3.8, 4) is 11.4 Å². The highest BCUT2D eigenvalue weighted by molar-refractivity contribution is 5.98. The first-order chi connectivity index (χ1) is 16.6. The number of anilines is 2. The van der Waals surface area contributed by atoms with Gasteiger partial charge >= 0.3 is 6.09 Å². The van der Waals surface area contributed by atoms with Gasteiger partial charge in [-0.15, -0.1) is 5.10 Å². The molecule has 3 aromatic rings. The van der Waals surface area contributed by atoms with E-state index < -0.39 is 35.0 Å². The fourth-order valence-corrected chi connectivity index (χ4v) is 4.52. The molecule has 2 N–H and O–H groups in total. The van der Waals surface area contributed by atoms with Gasteiger partial charge in [0.25, 0.3) is 0 Å². The highest BCUT2D eigenvalue weighted by Crippen LogP contribution is 2.69. The summed E-state index contributed by atoms with van der Waals surface area (Å²) in [5.41, 5.74) is -1.01. The molecule has 0 aliphatic heterocycles. The summed E-state index contributed by atoms with van der Waals surface area (Å²) < 4.78 is 47.4. The van der Waals surface area contributed by atoms with Crippen molar-refractivity contribution in [1.82, 2.24) is 25.0 Å². The van der Waals surface area contributed by atoms with E-state index in [4.69, 9.17) is 4.74 Å². The summed E-state index contributed by atoms with van der Waals surface area (Å²) in [5.74, 6) is -1.80. The summed E-state index contributed by atoms with van der Waals surface area (Å²) >= 11 is 0. The summed E-state index contributed by atoms with van der Waals surface area (Å²) in [4.78, 5) is 32.4. The van der Waals surface area contributed by atoms with Crippen molar-refractivity contribution in [3.63, 3.8) is 0 Å². The summed E-state index contributed by atoms with van der Waals surface area (Å²) in [6.45, 7) is 1.37. The number of nitrogens with one attached hydrogen (secondary N) is 2. The average Bonchev–Trinajstić information content (AvgIpc) is 3.12. The SMILES string of the molecule is C[C@@H](OC(=O)Nc1c(-c2ccc(NC(=O)C34CC(F)(C3)C4)cn2)nnn1C)c1cc(F)cnc1F. The minimum atomic E-state index is -1.17. The maximum absolute atomic E-state index is 13.9. The van der Waals surface area contributed by atoms with Gasteiger partial charge in [0.05, 0.1) is 34.8 Å². The van der Waals surface area contributed by atoms with Crippen molar-refractivity contribution in [1.29, 1.82) is 0 Å². The van der Waals surface area contributed by atoms with Gasteiger partial charge in [0, 0.05) is 7.05 Å². The predicted octanol–water partition coefficient (Wildman–Crippen LogP) is 3.69. The number of hydrogen-bond donors (Lipinski definition) is 2. The van der Waals surface area contributed by atoms with Crippen molar-refractivity contribution in [2.75, 3.05) is 10.6 Å². The number of hydrogen-bond acceptors (Lipinski definition) is 7. The van der Waals surface area contributed by atoms with Crippen LogP contribution in [-0.4, -0.2) is 42.6 Å². The van der Waals surface area contributed by atoms with Gasteiger partial charge in [0.1, 0.15) is 17.6 Å². The average molecular weight is 487 g/mol. The molecule has 3 heterocycles. The first-order valence-electron chi connectivity index (χ1n) is 10.7. The van der Waals surface area contributed by atoms with Crippen LogP contribution in [0.4, 0.5) is 29.5 Å². The van der Waals surface area contributed by atoms with Gasteiger partial charge in [-0.2, -0.15) is 4.39 Å². The molecule has 3 fully saturated rings. The highest BCUT2D eigenvalue weighted by atomic mass is 19.1. The van der Waals surface area contributed by atoms with Crippen molar-refractivity contribution < 1.29 is 27.5 Å². The Kier molecular flexibility index (Phi) is 5.22. The monoisotopic (exact) mass is 487 g/mol. The second-order valence-electron chi connectivity index (χ2n) is 8.96. The Bertz CT molecular complexity index is 1310. The van der Waals surface area contributed by atoms with E-state index in [1.165, 1.54) is 24.9 Å². The van der Waals surface area contributed by atoms with Crippen LogP contribution in [-0.2, 0) is 16.6 Å². The molecule has 0 spiro atoms. The lowest BCUT2D eigenvalue weighted by Crippen LogP contribution is -2.68. The molecule has 3 aliphatic carbocycles. The Hall–Kier alpha value is -4.03. The second kappa shape index (κ2) is 8.03. The molecular weight excluding hydrogens is 467 g/mol. The van der Waals surface area contributed by atoms with Gasteiger partial charge < -0.3 is 10.1 Å². The first-order valence-corrected chi connectivity index (χ1v) is 10.7. The van der Waals surface area contributed by atoms with Crippen LogP contribution in [0.3, 0.4) is 0 Å². The number of carbonyl (C=O) groups excluding carboxylic acids is 2. The molecule has 3 aliphatic rings. The Balaban J connectivity index is 1.25. The molecule has 13 heteroatoms. The van der Waals surface area contributed by atoms with Gasteiger partial charge in [-0.1, -0.05) is 5.21 Å². The van der Waals surface area contributed by atoms with Crippen LogP contribution < -0.4 is 10.6 Å². The lowest BCUT2D eigenvalue weighted by atomic mass is 9.42. The van der Waals surface area contributed by atoms with Crippen molar-refractivity contribution in [2.24, 2.45) is 12.5 Å². The molecule has 182 valence electrons. The zero-order chi connectivity index (χ0) is 25.0. The molecular formula is C22H20F3N7O3. The molecule has 10 nitrogen and oxygen atoms in total. The Morgan fingerprint density at radius 2 is 1.89 bits per heavy atom. The normalized spacial score (nSPS) is 23.0. The van der Waals surface area contributed by atoms with Crippen molar-refractivity contribution in [3.05, 3.63) is 47.9 Å². The van der Waals surface area contributed by atoms with Gasteiger partial charge in [0.2, 0.25) is 11.9 Å². The fourth-order valence-electron chi connectivity index (χ4n) is 4.52. The number of amides is 2. The lowest BCUT2D eigenvalue weighted by Gasteiger charge is -2.64. The van der Waals surface area contributed by atoms with E-state index in [1.807, 2.05) is 0 Å². The quantitative estimate of drug-likeness (QED) is 0.508.